The quantitative estimate of drug-likeness (QED) is 0.284. The van der Waals surface area contributed by atoms with Crippen LogP contribution in [0, 0.1) is 0 Å². The third-order valence-corrected chi connectivity index (χ3v) is 0.981. The van der Waals surface area contributed by atoms with Crippen LogP contribution < -0.4 is 0 Å². The zero-order valence-corrected chi connectivity index (χ0v) is 7.27. The minimum Gasteiger partial charge on any atom is -0.481 e. The molecule has 0 aliphatic rings. The van der Waals surface area contributed by atoms with Gasteiger partial charge in [-0.1, -0.05) is 6.58 Å². The lowest BCUT2D eigenvalue weighted by Crippen LogP contribution is -2.14. The lowest BCUT2D eigenvalue weighted by atomic mass is 10.5. The molecule has 0 aromatic rings. The molecule has 0 heterocycles. The largest absolute Gasteiger partial charge is 0.481 e. The summed E-state index contributed by atoms with van der Waals surface area (Å²) in [6.45, 7) is 5.04. The van der Waals surface area contributed by atoms with E-state index < -0.39 is 18.2 Å². The first-order chi connectivity index (χ1) is 6.10. The molecule has 2 N–H and O–H groups in total. The average Bonchev–Trinajstić information content (AvgIpc) is 2.04. The van der Waals surface area contributed by atoms with Crippen molar-refractivity contribution in [3.05, 3.63) is 24.7 Å². The second kappa shape index (κ2) is 6.07. The molecule has 0 fully saturated rings. The van der Waals surface area contributed by atoms with Crippen LogP contribution in [-0.4, -0.2) is 29.1 Å². The maximum absolute atomic E-state index is 10.5. The summed E-state index contributed by atoms with van der Waals surface area (Å²) in [5.74, 6) is -1.28. The van der Waals surface area contributed by atoms with E-state index in [0.717, 1.165) is 12.2 Å². The maximum atomic E-state index is 10.5. The average molecular weight is 188 g/mol. The fraction of sp³-hybridized carbons (Fsp3) is 0.375. The first-order valence-electron chi connectivity index (χ1n) is 3.64. The van der Waals surface area contributed by atoms with Crippen molar-refractivity contribution in [2.45, 2.75) is 13.2 Å². The number of hydrogen-bond acceptors (Lipinski definition) is 5. The normalized spacial score (nSPS) is 13.2. The van der Waals surface area contributed by atoms with Gasteiger partial charge in [0.1, 0.15) is 0 Å². The smallest absolute Gasteiger partial charge is 0.332 e. The second-order valence-corrected chi connectivity index (χ2v) is 1.97. The standard InChI is InChI=1S/C8H12O5/c1-3-6(9)13-8(11)5-7(10)12-4-2/h3,5,8,10-11H,1,4H2,2H3. The highest BCUT2D eigenvalue weighted by atomic mass is 16.6. The molecular formula is C8H12O5. The van der Waals surface area contributed by atoms with Gasteiger partial charge < -0.3 is 19.7 Å². The molecule has 13 heavy (non-hydrogen) atoms. The summed E-state index contributed by atoms with van der Waals surface area (Å²) in [5.41, 5.74) is 0. The number of rotatable bonds is 5. The molecule has 0 amide bonds. The Hall–Kier alpha value is -1.49. The number of ether oxygens (including phenoxy) is 2. The molecule has 0 saturated heterocycles. The van der Waals surface area contributed by atoms with Crippen LogP contribution in [0.5, 0.6) is 0 Å². The molecule has 5 heteroatoms. The van der Waals surface area contributed by atoms with Crippen molar-refractivity contribution in [2.75, 3.05) is 6.61 Å². The van der Waals surface area contributed by atoms with Crippen LogP contribution in [0.25, 0.3) is 0 Å². The first-order valence-corrected chi connectivity index (χ1v) is 3.64. The Labute approximate surface area is 75.9 Å². The lowest BCUT2D eigenvalue weighted by molar-refractivity contribution is -0.154. The summed E-state index contributed by atoms with van der Waals surface area (Å²) in [6.07, 6.45) is 0.219. The van der Waals surface area contributed by atoms with Crippen molar-refractivity contribution in [2.24, 2.45) is 0 Å². The van der Waals surface area contributed by atoms with Crippen LogP contribution in [0.15, 0.2) is 24.7 Å². The van der Waals surface area contributed by atoms with Crippen molar-refractivity contribution in [3.63, 3.8) is 0 Å². The Morgan fingerprint density at radius 2 is 2.31 bits per heavy atom. The van der Waals surface area contributed by atoms with Crippen LogP contribution in [0.3, 0.4) is 0 Å². The molecule has 0 aromatic heterocycles. The van der Waals surface area contributed by atoms with Gasteiger partial charge in [-0.3, -0.25) is 0 Å². The van der Waals surface area contributed by atoms with Crippen molar-refractivity contribution < 1.29 is 24.5 Å². The highest BCUT2D eigenvalue weighted by Crippen LogP contribution is 1.97. The Morgan fingerprint density at radius 3 is 2.77 bits per heavy atom. The van der Waals surface area contributed by atoms with E-state index in [-0.39, 0.29) is 6.61 Å². The molecule has 0 rings (SSSR count). The van der Waals surface area contributed by atoms with Gasteiger partial charge in [0.25, 0.3) is 5.95 Å². The molecular weight excluding hydrogens is 176 g/mol. The van der Waals surface area contributed by atoms with Crippen molar-refractivity contribution in [1.82, 2.24) is 0 Å². The summed E-state index contributed by atoms with van der Waals surface area (Å²) in [5, 5.41) is 17.8. The predicted octanol–water partition coefficient (Wildman–Crippen LogP) is 0.470. The van der Waals surface area contributed by atoms with Gasteiger partial charge in [0, 0.05) is 6.08 Å². The summed E-state index contributed by atoms with van der Waals surface area (Å²) < 4.78 is 8.87. The molecule has 0 saturated carbocycles. The van der Waals surface area contributed by atoms with Gasteiger partial charge in [-0.15, -0.1) is 0 Å². The van der Waals surface area contributed by atoms with E-state index in [2.05, 4.69) is 16.1 Å². The molecule has 74 valence electrons. The van der Waals surface area contributed by atoms with Gasteiger partial charge in [-0.2, -0.15) is 0 Å². The lowest BCUT2D eigenvalue weighted by Gasteiger charge is -2.06. The highest BCUT2D eigenvalue weighted by molar-refractivity contribution is 5.81. The van der Waals surface area contributed by atoms with Crippen molar-refractivity contribution in [3.8, 4) is 0 Å². The number of aliphatic hydroxyl groups excluding tert-OH is 2. The van der Waals surface area contributed by atoms with Crippen molar-refractivity contribution >= 4 is 5.97 Å². The van der Waals surface area contributed by atoms with Crippen LogP contribution in [0.1, 0.15) is 6.92 Å². The molecule has 1 unspecified atom stereocenters. The van der Waals surface area contributed by atoms with E-state index in [1.165, 1.54) is 0 Å². The van der Waals surface area contributed by atoms with E-state index >= 15 is 0 Å². The van der Waals surface area contributed by atoms with Gasteiger partial charge in [-0.05, 0) is 6.92 Å². The van der Waals surface area contributed by atoms with Crippen LogP contribution in [0.2, 0.25) is 0 Å². The molecule has 0 aliphatic heterocycles. The number of hydrogen-bond donors (Lipinski definition) is 2. The van der Waals surface area contributed by atoms with Gasteiger partial charge in [0.2, 0.25) is 6.29 Å². The zero-order valence-electron chi connectivity index (χ0n) is 7.27. The van der Waals surface area contributed by atoms with Crippen LogP contribution in [-0.2, 0) is 14.3 Å². The topological polar surface area (TPSA) is 76.0 Å². The minimum absolute atomic E-state index is 0.254. The van der Waals surface area contributed by atoms with Gasteiger partial charge >= 0.3 is 5.97 Å². The van der Waals surface area contributed by atoms with Crippen LogP contribution in [0.4, 0.5) is 0 Å². The van der Waals surface area contributed by atoms with Crippen LogP contribution >= 0.6 is 0 Å². The number of aliphatic hydroxyl groups is 2. The Kier molecular flexibility index (Phi) is 5.38. The van der Waals surface area contributed by atoms with E-state index in [9.17, 15) is 4.79 Å². The third-order valence-electron chi connectivity index (χ3n) is 0.981. The van der Waals surface area contributed by atoms with Crippen molar-refractivity contribution in [1.29, 1.82) is 0 Å². The van der Waals surface area contributed by atoms with Gasteiger partial charge in [0.15, 0.2) is 0 Å². The van der Waals surface area contributed by atoms with E-state index in [0.29, 0.717) is 0 Å². The first kappa shape index (κ1) is 11.5. The number of esters is 1. The second-order valence-electron chi connectivity index (χ2n) is 1.97. The molecule has 0 bridgehead atoms. The maximum Gasteiger partial charge on any atom is 0.332 e. The molecule has 0 spiro atoms. The zero-order chi connectivity index (χ0) is 10.3. The van der Waals surface area contributed by atoms with Gasteiger partial charge in [0.05, 0.1) is 12.7 Å². The summed E-state index contributed by atoms with van der Waals surface area (Å²) >= 11 is 0. The summed E-state index contributed by atoms with van der Waals surface area (Å²) in [7, 11) is 0. The number of carbonyl (C=O) groups is 1. The Morgan fingerprint density at radius 1 is 1.69 bits per heavy atom. The Balaban J connectivity index is 3.97. The van der Waals surface area contributed by atoms with Gasteiger partial charge in [-0.25, -0.2) is 4.79 Å². The summed E-state index contributed by atoms with van der Waals surface area (Å²) in [4.78, 5) is 10.5. The van der Waals surface area contributed by atoms with E-state index in [1.807, 2.05) is 0 Å². The molecule has 0 aliphatic carbocycles. The molecule has 0 aromatic carbocycles. The van der Waals surface area contributed by atoms with E-state index in [4.69, 9.17) is 10.2 Å². The van der Waals surface area contributed by atoms with E-state index in [1.54, 1.807) is 6.92 Å². The molecule has 5 nitrogen and oxygen atoms in total. The SMILES string of the molecule is C=CC(=O)OC(O)C=C(O)OCC. The monoisotopic (exact) mass is 188 g/mol. The highest BCUT2D eigenvalue weighted by Gasteiger charge is 2.06. The molecule has 1 atom stereocenters. The fourth-order valence-corrected chi connectivity index (χ4v) is 0.519. The minimum atomic E-state index is -1.53. The third kappa shape index (κ3) is 5.75. The summed E-state index contributed by atoms with van der Waals surface area (Å²) in [6, 6.07) is 0. The molecule has 0 radical (unpaired) electrons. The Bertz CT molecular complexity index is 209. The fourth-order valence-electron chi connectivity index (χ4n) is 0.519. The number of carbonyl (C=O) groups excluding carboxylic acids is 1. The predicted molar refractivity (Wildman–Crippen MR) is 44.6 cm³/mol.